The first-order valence-corrected chi connectivity index (χ1v) is 9.21. The van der Waals surface area contributed by atoms with E-state index in [1.165, 1.54) is 18.3 Å². The third-order valence-electron chi connectivity index (χ3n) is 3.67. The van der Waals surface area contributed by atoms with E-state index in [1.54, 1.807) is 0 Å². The van der Waals surface area contributed by atoms with Crippen molar-refractivity contribution in [2.75, 3.05) is 11.9 Å². The Balaban J connectivity index is 1.86. The van der Waals surface area contributed by atoms with Crippen LogP contribution in [0.4, 0.5) is 5.69 Å². The van der Waals surface area contributed by atoms with Crippen molar-refractivity contribution in [3.8, 4) is 0 Å². The van der Waals surface area contributed by atoms with Gasteiger partial charge in [-0.15, -0.1) is 11.3 Å². The molecular formula is C19H22N2O4S. The molecule has 0 aliphatic rings. The summed E-state index contributed by atoms with van der Waals surface area (Å²) in [5.41, 5.74) is 1.72. The number of benzene rings is 1. The van der Waals surface area contributed by atoms with E-state index in [9.17, 15) is 14.4 Å². The highest BCUT2D eigenvalue weighted by Crippen LogP contribution is 2.22. The van der Waals surface area contributed by atoms with Gasteiger partial charge in [-0.05, 0) is 29.5 Å². The summed E-state index contributed by atoms with van der Waals surface area (Å²) < 4.78 is 5.06. The normalized spacial score (nSPS) is 11.5. The third-order valence-corrected chi connectivity index (χ3v) is 4.66. The van der Waals surface area contributed by atoms with Crippen LogP contribution in [0.2, 0.25) is 0 Å². The van der Waals surface area contributed by atoms with Gasteiger partial charge in [-0.25, -0.2) is 0 Å². The molecule has 0 aliphatic carbocycles. The summed E-state index contributed by atoms with van der Waals surface area (Å²) in [4.78, 5) is 36.3. The molecule has 1 unspecified atom stereocenters. The molecule has 0 spiro atoms. The predicted molar refractivity (Wildman–Crippen MR) is 101 cm³/mol. The number of amides is 2. The molecule has 0 saturated carbocycles. The first kappa shape index (κ1) is 19.7. The summed E-state index contributed by atoms with van der Waals surface area (Å²) in [5.74, 6) is -1.17. The number of nitrogens with one attached hydrogen (secondary N) is 2. The fraction of sp³-hybridized carbons (Fsp3) is 0.316. The number of ether oxygens (including phenoxy) is 1. The van der Waals surface area contributed by atoms with E-state index in [2.05, 4.69) is 10.6 Å². The quantitative estimate of drug-likeness (QED) is 0.696. The summed E-state index contributed by atoms with van der Waals surface area (Å²) in [6.45, 7) is 3.02. The molecule has 1 aromatic heterocycles. The van der Waals surface area contributed by atoms with Crippen molar-refractivity contribution in [3.05, 3.63) is 52.2 Å². The van der Waals surface area contributed by atoms with Crippen LogP contribution in [0.15, 0.2) is 41.8 Å². The lowest BCUT2D eigenvalue weighted by Crippen LogP contribution is -2.29. The number of thiophene rings is 1. The van der Waals surface area contributed by atoms with Crippen molar-refractivity contribution in [1.82, 2.24) is 5.32 Å². The maximum absolute atomic E-state index is 12.1. The monoisotopic (exact) mass is 374 g/mol. The van der Waals surface area contributed by atoms with Crippen molar-refractivity contribution in [1.29, 1.82) is 0 Å². The van der Waals surface area contributed by atoms with Gasteiger partial charge in [-0.3, -0.25) is 14.4 Å². The van der Waals surface area contributed by atoms with Crippen molar-refractivity contribution < 1.29 is 19.1 Å². The molecule has 1 heterocycles. The van der Waals surface area contributed by atoms with Crippen LogP contribution in [0.1, 0.15) is 36.8 Å². The van der Waals surface area contributed by atoms with Gasteiger partial charge >= 0.3 is 5.97 Å². The Morgan fingerprint density at radius 3 is 2.58 bits per heavy atom. The fourth-order valence-electron chi connectivity index (χ4n) is 2.47. The van der Waals surface area contributed by atoms with Gasteiger partial charge in [0.15, 0.2) is 6.61 Å². The van der Waals surface area contributed by atoms with Crippen LogP contribution >= 0.6 is 11.3 Å². The second-order valence-electron chi connectivity index (χ2n) is 5.69. The van der Waals surface area contributed by atoms with Gasteiger partial charge < -0.3 is 15.4 Å². The number of hydrogen-bond acceptors (Lipinski definition) is 5. The van der Waals surface area contributed by atoms with Crippen LogP contribution in [0.3, 0.4) is 0 Å². The molecule has 138 valence electrons. The molecule has 6 nitrogen and oxygen atoms in total. The Labute approximate surface area is 156 Å². The molecular weight excluding hydrogens is 352 g/mol. The van der Waals surface area contributed by atoms with E-state index in [1.807, 2.05) is 48.7 Å². The molecule has 2 N–H and O–H groups in total. The van der Waals surface area contributed by atoms with Crippen LogP contribution in [-0.2, 0) is 25.5 Å². The van der Waals surface area contributed by atoms with E-state index in [-0.39, 0.29) is 18.9 Å². The molecule has 0 saturated heterocycles. The van der Waals surface area contributed by atoms with E-state index in [0.717, 1.165) is 16.9 Å². The number of aryl methyl sites for hydroxylation is 1. The molecule has 2 rings (SSSR count). The van der Waals surface area contributed by atoms with Crippen LogP contribution in [0.25, 0.3) is 0 Å². The zero-order valence-corrected chi connectivity index (χ0v) is 15.6. The number of hydrogen-bond donors (Lipinski definition) is 2. The van der Waals surface area contributed by atoms with Gasteiger partial charge in [-0.2, -0.15) is 0 Å². The van der Waals surface area contributed by atoms with Crippen LogP contribution in [-0.4, -0.2) is 24.4 Å². The number of carbonyl (C=O) groups is 3. The second-order valence-corrected chi connectivity index (χ2v) is 6.67. The number of carbonyl (C=O) groups excluding carboxylic acids is 3. The minimum Gasteiger partial charge on any atom is -0.455 e. The molecule has 1 atom stereocenters. The third kappa shape index (κ3) is 6.00. The van der Waals surface area contributed by atoms with Crippen molar-refractivity contribution in [3.63, 3.8) is 0 Å². The Hall–Kier alpha value is -2.67. The molecule has 0 aliphatic heterocycles. The Bertz CT molecular complexity index is 759. The van der Waals surface area contributed by atoms with Gasteiger partial charge in [0.2, 0.25) is 5.91 Å². The van der Waals surface area contributed by atoms with Crippen molar-refractivity contribution in [2.45, 2.75) is 32.7 Å². The van der Waals surface area contributed by atoms with Gasteiger partial charge in [0, 0.05) is 17.5 Å². The van der Waals surface area contributed by atoms with Crippen molar-refractivity contribution in [2.24, 2.45) is 0 Å². The first-order chi connectivity index (χ1) is 12.5. The average Bonchev–Trinajstić information content (AvgIpc) is 3.14. The Kier molecular flexibility index (Phi) is 7.35. The van der Waals surface area contributed by atoms with Crippen LogP contribution in [0.5, 0.6) is 0 Å². The van der Waals surface area contributed by atoms with Crippen LogP contribution in [0, 0.1) is 0 Å². The zero-order chi connectivity index (χ0) is 18.9. The van der Waals surface area contributed by atoms with Gasteiger partial charge in [-0.1, -0.05) is 31.2 Å². The zero-order valence-electron chi connectivity index (χ0n) is 14.8. The fourth-order valence-corrected chi connectivity index (χ4v) is 3.24. The lowest BCUT2D eigenvalue weighted by atomic mass is 10.1. The smallest absolute Gasteiger partial charge is 0.308 e. The highest BCUT2D eigenvalue weighted by Gasteiger charge is 2.19. The van der Waals surface area contributed by atoms with E-state index >= 15 is 0 Å². The number of esters is 1. The summed E-state index contributed by atoms with van der Waals surface area (Å²) in [5, 5.41) is 7.34. The molecule has 7 heteroatoms. The summed E-state index contributed by atoms with van der Waals surface area (Å²) >= 11 is 1.44. The minimum atomic E-state index is -0.545. The topological polar surface area (TPSA) is 84.5 Å². The summed E-state index contributed by atoms with van der Waals surface area (Å²) in [7, 11) is 0. The largest absolute Gasteiger partial charge is 0.455 e. The lowest BCUT2D eigenvalue weighted by molar-refractivity contribution is -0.147. The SMILES string of the molecule is CCc1ccccc1NC(=O)COC(=O)CC(NC(C)=O)c1cccs1. The number of rotatable bonds is 8. The summed E-state index contributed by atoms with van der Waals surface area (Å²) in [6, 6.07) is 10.7. The average molecular weight is 374 g/mol. The number of para-hydroxylation sites is 1. The molecule has 0 fully saturated rings. The van der Waals surface area contributed by atoms with E-state index in [0.29, 0.717) is 5.69 Å². The highest BCUT2D eigenvalue weighted by atomic mass is 32.1. The van der Waals surface area contributed by atoms with Gasteiger partial charge in [0.1, 0.15) is 0 Å². The maximum Gasteiger partial charge on any atom is 0.308 e. The molecule has 26 heavy (non-hydrogen) atoms. The summed E-state index contributed by atoms with van der Waals surface area (Å²) in [6.07, 6.45) is 0.758. The molecule has 2 aromatic rings. The van der Waals surface area contributed by atoms with Gasteiger partial charge in [0.25, 0.3) is 5.91 Å². The maximum atomic E-state index is 12.1. The first-order valence-electron chi connectivity index (χ1n) is 8.33. The standard InChI is InChI=1S/C19H22N2O4S/c1-3-14-7-4-5-8-15(14)21-18(23)12-25-19(24)11-16(20-13(2)22)17-9-6-10-26-17/h4-10,16H,3,11-12H2,1-2H3,(H,20,22)(H,21,23). The van der Waals surface area contributed by atoms with E-state index < -0.39 is 17.9 Å². The Morgan fingerprint density at radius 1 is 1.15 bits per heavy atom. The van der Waals surface area contributed by atoms with Gasteiger partial charge in [0.05, 0.1) is 12.5 Å². The molecule has 1 aromatic carbocycles. The molecule has 0 radical (unpaired) electrons. The highest BCUT2D eigenvalue weighted by molar-refractivity contribution is 7.10. The minimum absolute atomic E-state index is 0.0288. The number of anilines is 1. The van der Waals surface area contributed by atoms with E-state index in [4.69, 9.17) is 4.74 Å². The van der Waals surface area contributed by atoms with Crippen LogP contribution < -0.4 is 10.6 Å². The molecule has 0 bridgehead atoms. The predicted octanol–water partition coefficient (Wildman–Crippen LogP) is 3.06. The van der Waals surface area contributed by atoms with Crippen molar-refractivity contribution >= 4 is 34.8 Å². The second kappa shape index (κ2) is 9.72. The molecule has 2 amide bonds. The lowest BCUT2D eigenvalue weighted by Gasteiger charge is -2.16. The Morgan fingerprint density at radius 2 is 1.92 bits per heavy atom.